The van der Waals surface area contributed by atoms with E-state index in [1.54, 1.807) is 41.6 Å². The zero-order valence-corrected chi connectivity index (χ0v) is 20.9. The van der Waals surface area contributed by atoms with Crippen molar-refractivity contribution in [3.05, 3.63) is 104 Å². The first-order chi connectivity index (χ1) is 17.5. The van der Waals surface area contributed by atoms with E-state index in [0.717, 1.165) is 10.4 Å². The molecular weight excluding hydrogens is 478 g/mol. The highest BCUT2D eigenvalue weighted by Gasteiger charge is 2.21. The molecule has 0 atom stereocenters. The zero-order valence-electron chi connectivity index (χ0n) is 20.1. The van der Waals surface area contributed by atoms with Gasteiger partial charge < -0.3 is 14.5 Å². The monoisotopic (exact) mass is 507 g/mol. The molecule has 0 N–H and O–H groups in total. The molecule has 2 aromatic carbocycles. The van der Waals surface area contributed by atoms with Gasteiger partial charge in [-0.1, -0.05) is 36.4 Å². The second-order valence-corrected chi connectivity index (χ2v) is 9.14. The highest BCUT2D eigenvalue weighted by Crippen LogP contribution is 2.16. The third-order valence-corrected chi connectivity index (χ3v) is 6.29. The molecular formula is C27H29N3O5S. The molecule has 0 spiro atoms. The molecule has 3 aromatic rings. The maximum absolute atomic E-state index is 13.4. The minimum Gasteiger partial charge on any atom is -0.385 e. The molecule has 0 radical (unpaired) electrons. The predicted molar refractivity (Wildman–Crippen MR) is 140 cm³/mol. The number of nitro benzene ring substituents is 1. The van der Waals surface area contributed by atoms with Crippen molar-refractivity contribution in [2.24, 2.45) is 0 Å². The van der Waals surface area contributed by atoms with E-state index in [9.17, 15) is 19.7 Å². The van der Waals surface area contributed by atoms with Crippen LogP contribution in [0.2, 0.25) is 0 Å². The maximum Gasteiger partial charge on any atom is 0.269 e. The van der Waals surface area contributed by atoms with Crippen LogP contribution in [0.4, 0.5) is 5.69 Å². The molecule has 0 bridgehead atoms. The second kappa shape index (κ2) is 13.9. The number of methoxy groups -OCH3 is 1. The van der Waals surface area contributed by atoms with Crippen molar-refractivity contribution in [3.8, 4) is 0 Å². The van der Waals surface area contributed by atoms with Gasteiger partial charge in [0.1, 0.15) is 6.54 Å². The summed E-state index contributed by atoms with van der Waals surface area (Å²) in [6, 6.07) is 19.6. The van der Waals surface area contributed by atoms with Crippen molar-refractivity contribution in [1.82, 2.24) is 9.80 Å². The largest absolute Gasteiger partial charge is 0.385 e. The van der Waals surface area contributed by atoms with Crippen molar-refractivity contribution >= 4 is 34.9 Å². The zero-order chi connectivity index (χ0) is 25.8. The Labute approximate surface area is 214 Å². The molecule has 0 unspecified atom stereocenters. The third kappa shape index (κ3) is 8.44. The van der Waals surface area contributed by atoms with E-state index >= 15 is 0 Å². The van der Waals surface area contributed by atoms with E-state index in [-0.39, 0.29) is 24.0 Å². The molecule has 0 saturated carbocycles. The van der Waals surface area contributed by atoms with Crippen LogP contribution >= 0.6 is 11.3 Å². The molecule has 0 fully saturated rings. The van der Waals surface area contributed by atoms with Gasteiger partial charge in [-0.25, -0.2) is 0 Å². The number of rotatable bonds is 13. The molecule has 1 heterocycles. The molecule has 0 aliphatic heterocycles. The van der Waals surface area contributed by atoms with E-state index in [0.29, 0.717) is 38.2 Å². The quantitative estimate of drug-likeness (QED) is 0.144. The number of nitro groups is 1. The molecule has 0 aliphatic carbocycles. The lowest BCUT2D eigenvalue weighted by molar-refractivity contribution is -0.384. The summed E-state index contributed by atoms with van der Waals surface area (Å²) in [5.41, 5.74) is 1.65. The third-order valence-electron chi connectivity index (χ3n) is 5.43. The molecule has 0 saturated heterocycles. The SMILES string of the molecule is COCCCN(CC(=O)N(Cc1ccccc1)Cc1cccs1)C(=O)/C=C/c1ccc([N+](=O)[O-])cc1. The van der Waals surface area contributed by atoms with Crippen LogP contribution < -0.4 is 0 Å². The summed E-state index contributed by atoms with van der Waals surface area (Å²) in [5, 5.41) is 12.8. The number of amides is 2. The minimum absolute atomic E-state index is 0.0190. The van der Waals surface area contributed by atoms with Gasteiger partial charge in [0.2, 0.25) is 11.8 Å². The molecule has 1 aromatic heterocycles. The summed E-state index contributed by atoms with van der Waals surface area (Å²) in [4.78, 5) is 41.2. The Morgan fingerprint density at radius 3 is 2.39 bits per heavy atom. The number of nitrogens with zero attached hydrogens (tertiary/aromatic N) is 3. The highest BCUT2D eigenvalue weighted by atomic mass is 32.1. The van der Waals surface area contributed by atoms with Crippen LogP contribution in [0.3, 0.4) is 0 Å². The van der Waals surface area contributed by atoms with Crippen molar-refractivity contribution in [2.45, 2.75) is 19.5 Å². The molecule has 36 heavy (non-hydrogen) atoms. The average Bonchev–Trinajstić information content (AvgIpc) is 3.40. The summed E-state index contributed by atoms with van der Waals surface area (Å²) in [6.45, 7) is 1.67. The summed E-state index contributed by atoms with van der Waals surface area (Å²) in [6.07, 6.45) is 3.57. The Hall–Kier alpha value is -3.82. The Bertz CT molecular complexity index is 1150. The van der Waals surface area contributed by atoms with E-state index < -0.39 is 4.92 Å². The van der Waals surface area contributed by atoms with Crippen LogP contribution in [0.5, 0.6) is 0 Å². The summed E-state index contributed by atoms with van der Waals surface area (Å²) in [5.74, 6) is -0.463. The average molecular weight is 508 g/mol. The molecule has 3 rings (SSSR count). The number of hydrogen-bond donors (Lipinski definition) is 0. The first-order valence-corrected chi connectivity index (χ1v) is 12.4. The fourth-order valence-corrected chi connectivity index (χ4v) is 4.26. The van der Waals surface area contributed by atoms with E-state index in [1.807, 2.05) is 47.8 Å². The maximum atomic E-state index is 13.4. The van der Waals surface area contributed by atoms with Crippen molar-refractivity contribution in [2.75, 3.05) is 26.8 Å². The normalized spacial score (nSPS) is 10.9. The van der Waals surface area contributed by atoms with Gasteiger partial charge in [0.25, 0.3) is 5.69 Å². The molecule has 9 heteroatoms. The molecule has 0 aliphatic rings. The highest BCUT2D eigenvalue weighted by molar-refractivity contribution is 7.09. The summed E-state index contributed by atoms with van der Waals surface area (Å²) in [7, 11) is 1.59. The fraction of sp³-hybridized carbons (Fsp3) is 0.259. The van der Waals surface area contributed by atoms with Gasteiger partial charge in [0.05, 0.1) is 11.5 Å². The number of non-ortho nitro benzene ring substituents is 1. The Morgan fingerprint density at radius 1 is 1.00 bits per heavy atom. The van der Waals surface area contributed by atoms with Crippen molar-refractivity contribution in [3.63, 3.8) is 0 Å². The predicted octanol–water partition coefficient (Wildman–Crippen LogP) is 4.76. The minimum atomic E-state index is -0.473. The van der Waals surface area contributed by atoms with Crippen LogP contribution in [0, 0.1) is 10.1 Å². The van der Waals surface area contributed by atoms with Gasteiger partial charge in [-0.2, -0.15) is 0 Å². The lowest BCUT2D eigenvalue weighted by atomic mass is 10.2. The lowest BCUT2D eigenvalue weighted by Gasteiger charge is -2.27. The molecule has 8 nitrogen and oxygen atoms in total. The van der Waals surface area contributed by atoms with Gasteiger partial charge in [-0.15, -0.1) is 11.3 Å². The van der Waals surface area contributed by atoms with Crippen LogP contribution in [-0.2, 0) is 27.4 Å². The second-order valence-electron chi connectivity index (χ2n) is 8.10. The Morgan fingerprint density at radius 2 is 1.75 bits per heavy atom. The van der Waals surface area contributed by atoms with Gasteiger partial charge in [-0.05, 0) is 47.2 Å². The van der Waals surface area contributed by atoms with Crippen LogP contribution in [-0.4, -0.2) is 53.3 Å². The number of carbonyl (C=O) groups is 2. The van der Waals surface area contributed by atoms with E-state index in [2.05, 4.69) is 0 Å². The summed E-state index contributed by atoms with van der Waals surface area (Å²) < 4.78 is 5.13. The number of hydrogen-bond acceptors (Lipinski definition) is 6. The number of thiophene rings is 1. The van der Waals surface area contributed by atoms with Crippen LogP contribution in [0.25, 0.3) is 6.08 Å². The molecule has 188 valence electrons. The van der Waals surface area contributed by atoms with Gasteiger partial charge in [0, 0.05) is 49.9 Å². The van der Waals surface area contributed by atoms with Gasteiger partial charge >= 0.3 is 0 Å². The standard InChI is InChI=1S/C27H29N3O5S/c1-35-17-6-16-28(26(31)15-12-22-10-13-24(14-11-22)30(33)34)21-27(32)29(20-25-9-5-18-36-25)19-23-7-3-2-4-8-23/h2-5,7-15,18H,6,16-17,19-21H2,1H3/b15-12+. The lowest BCUT2D eigenvalue weighted by Crippen LogP contribution is -2.42. The first-order valence-electron chi connectivity index (χ1n) is 11.5. The van der Waals surface area contributed by atoms with Crippen molar-refractivity contribution in [1.29, 1.82) is 0 Å². The number of benzene rings is 2. The van der Waals surface area contributed by atoms with Crippen molar-refractivity contribution < 1.29 is 19.2 Å². The van der Waals surface area contributed by atoms with Gasteiger partial charge in [0.15, 0.2) is 0 Å². The van der Waals surface area contributed by atoms with Crippen LogP contribution in [0.1, 0.15) is 22.4 Å². The summed E-state index contributed by atoms with van der Waals surface area (Å²) >= 11 is 1.59. The van der Waals surface area contributed by atoms with Gasteiger partial charge in [-0.3, -0.25) is 19.7 Å². The smallest absolute Gasteiger partial charge is 0.269 e. The van der Waals surface area contributed by atoms with Crippen LogP contribution in [0.15, 0.2) is 78.2 Å². The Balaban J connectivity index is 1.73. The van der Waals surface area contributed by atoms with E-state index in [1.165, 1.54) is 23.1 Å². The number of ether oxygens (including phenoxy) is 1. The Kier molecular flexibility index (Phi) is 10.3. The number of carbonyl (C=O) groups excluding carboxylic acids is 2. The fourth-order valence-electron chi connectivity index (χ4n) is 3.54. The van der Waals surface area contributed by atoms with E-state index in [4.69, 9.17) is 4.74 Å². The molecule has 2 amide bonds. The first kappa shape index (κ1) is 26.8. The topological polar surface area (TPSA) is 93.0 Å².